The fraction of sp³-hybridized carbons (Fsp3) is 0.154. The highest BCUT2D eigenvalue weighted by atomic mass is 32.2. The molecule has 0 aromatic heterocycles. The standard InChI is InChI=1S/C13H14N2O2S/c1-15(2)11-13(9-6-10-14)18(16,17)12-7-4-3-5-8-12/h3-9,11H,1-2H3/b9-6+,13-11?. The molecule has 0 unspecified atom stereocenters. The van der Waals surface area contributed by atoms with Crippen molar-refractivity contribution in [2.45, 2.75) is 4.90 Å². The third-order valence-electron chi connectivity index (χ3n) is 2.07. The first-order chi connectivity index (χ1) is 8.48. The van der Waals surface area contributed by atoms with E-state index >= 15 is 0 Å². The van der Waals surface area contributed by atoms with E-state index in [-0.39, 0.29) is 9.80 Å². The molecule has 0 fully saturated rings. The van der Waals surface area contributed by atoms with E-state index in [4.69, 9.17) is 5.26 Å². The van der Waals surface area contributed by atoms with Crippen molar-refractivity contribution in [1.82, 2.24) is 4.90 Å². The maximum Gasteiger partial charge on any atom is 0.208 e. The van der Waals surface area contributed by atoms with E-state index in [2.05, 4.69) is 0 Å². The first kappa shape index (κ1) is 14.0. The van der Waals surface area contributed by atoms with Gasteiger partial charge in [0.05, 0.1) is 15.9 Å². The molecule has 0 amide bonds. The summed E-state index contributed by atoms with van der Waals surface area (Å²) in [5, 5.41) is 8.51. The number of hydrogen-bond acceptors (Lipinski definition) is 4. The van der Waals surface area contributed by atoms with Crippen LogP contribution in [0.15, 0.2) is 58.5 Å². The van der Waals surface area contributed by atoms with Gasteiger partial charge in [0.15, 0.2) is 0 Å². The molecule has 0 aliphatic carbocycles. The highest BCUT2D eigenvalue weighted by Gasteiger charge is 2.18. The summed E-state index contributed by atoms with van der Waals surface area (Å²) in [6, 6.07) is 9.92. The van der Waals surface area contributed by atoms with Gasteiger partial charge in [0, 0.05) is 26.4 Å². The smallest absolute Gasteiger partial charge is 0.208 e. The molecule has 0 bridgehead atoms. The molecule has 0 saturated carbocycles. The van der Waals surface area contributed by atoms with E-state index in [9.17, 15) is 8.42 Å². The Morgan fingerprint density at radius 1 is 1.28 bits per heavy atom. The van der Waals surface area contributed by atoms with Crippen LogP contribution in [0.4, 0.5) is 0 Å². The van der Waals surface area contributed by atoms with Gasteiger partial charge in [-0.2, -0.15) is 5.26 Å². The number of allylic oxidation sites excluding steroid dienone is 2. The number of sulfone groups is 1. The molecule has 0 heterocycles. The highest BCUT2D eigenvalue weighted by molar-refractivity contribution is 7.95. The predicted octanol–water partition coefficient (Wildman–Crippen LogP) is 1.94. The molecule has 18 heavy (non-hydrogen) atoms. The van der Waals surface area contributed by atoms with Crippen molar-refractivity contribution in [2.24, 2.45) is 0 Å². The van der Waals surface area contributed by atoms with Crippen molar-refractivity contribution in [3.05, 3.63) is 53.6 Å². The summed E-state index contributed by atoms with van der Waals surface area (Å²) in [7, 11) is -0.141. The second kappa shape index (κ2) is 6.03. The minimum atomic E-state index is -3.59. The molecule has 1 aromatic carbocycles. The summed E-state index contributed by atoms with van der Waals surface area (Å²) in [6.07, 6.45) is 3.91. The van der Waals surface area contributed by atoms with E-state index in [1.54, 1.807) is 43.3 Å². The van der Waals surface area contributed by atoms with Crippen molar-refractivity contribution < 1.29 is 8.42 Å². The first-order valence-electron chi connectivity index (χ1n) is 5.23. The van der Waals surface area contributed by atoms with Crippen LogP contribution >= 0.6 is 0 Å². The average Bonchev–Trinajstić information content (AvgIpc) is 2.35. The maximum absolute atomic E-state index is 12.3. The van der Waals surface area contributed by atoms with Crippen molar-refractivity contribution in [1.29, 1.82) is 5.26 Å². The van der Waals surface area contributed by atoms with Crippen molar-refractivity contribution >= 4 is 9.84 Å². The first-order valence-corrected chi connectivity index (χ1v) is 6.71. The molecule has 4 nitrogen and oxygen atoms in total. The molecule has 0 N–H and O–H groups in total. The molecular weight excluding hydrogens is 248 g/mol. The quantitative estimate of drug-likeness (QED) is 0.614. The third-order valence-corrected chi connectivity index (χ3v) is 3.83. The Bertz CT molecular complexity index is 594. The Morgan fingerprint density at radius 2 is 1.89 bits per heavy atom. The SMILES string of the molecule is CN(C)C=C(/C=C/C#N)S(=O)(=O)c1ccccc1. The zero-order valence-electron chi connectivity index (χ0n) is 10.2. The maximum atomic E-state index is 12.3. The summed E-state index contributed by atoms with van der Waals surface area (Å²) >= 11 is 0. The van der Waals surface area contributed by atoms with Gasteiger partial charge in [0.2, 0.25) is 9.84 Å². The van der Waals surface area contributed by atoms with Crippen LogP contribution in [-0.4, -0.2) is 27.4 Å². The monoisotopic (exact) mass is 262 g/mol. The van der Waals surface area contributed by atoms with Gasteiger partial charge in [-0.1, -0.05) is 18.2 Å². The number of nitrogens with zero attached hydrogens (tertiary/aromatic N) is 2. The normalized spacial score (nSPS) is 12.4. The van der Waals surface area contributed by atoms with Gasteiger partial charge in [0.1, 0.15) is 0 Å². The number of nitriles is 1. The van der Waals surface area contributed by atoms with E-state index in [0.717, 1.165) is 6.08 Å². The fourth-order valence-corrected chi connectivity index (χ4v) is 2.70. The Labute approximate surface area is 107 Å². The summed E-state index contributed by atoms with van der Waals surface area (Å²) in [6.45, 7) is 0. The van der Waals surface area contributed by atoms with E-state index in [1.807, 2.05) is 0 Å². The van der Waals surface area contributed by atoms with Crippen molar-refractivity contribution in [3.8, 4) is 6.07 Å². The van der Waals surface area contributed by atoms with Crippen LogP contribution in [0.1, 0.15) is 0 Å². The largest absolute Gasteiger partial charge is 0.382 e. The predicted molar refractivity (Wildman–Crippen MR) is 70.2 cm³/mol. The summed E-state index contributed by atoms with van der Waals surface area (Å²) < 4.78 is 24.6. The minimum absolute atomic E-state index is 0.0836. The molecule has 0 saturated heterocycles. The summed E-state index contributed by atoms with van der Waals surface area (Å²) in [5.41, 5.74) is 0. The second-order valence-electron chi connectivity index (χ2n) is 3.77. The average molecular weight is 262 g/mol. The summed E-state index contributed by atoms with van der Waals surface area (Å²) in [5.74, 6) is 0. The Hall–Kier alpha value is -2.06. The molecule has 0 spiro atoms. The lowest BCUT2D eigenvalue weighted by molar-refractivity contribution is 0.559. The number of benzene rings is 1. The van der Waals surface area contributed by atoms with Gasteiger partial charge >= 0.3 is 0 Å². The minimum Gasteiger partial charge on any atom is -0.382 e. The van der Waals surface area contributed by atoms with E-state index in [1.165, 1.54) is 24.4 Å². The zero-order chi connectivity index (χ0) is 13.6. The molecular formula is C13H14N2O2S. The van der Waals surface area contributed by atoms with Gasteiger partial charge in [-0.3, -0.25) is 0 Å². The molecule has 0 atom stereocenters. The molecule has 1 aromatic rings. The van der Waals surface area contributed by atoms with Crippen LogP contribution in [0, 0.1) is 11.3 Å². The highest BCUT2D eigenvalue weighted by Crippen LogP contribution is 2.20. The number of hydrogen-bond donors (Lipinski definition) is 0. The van der Waals surface area contributed by atoms with Gasteiger partial charge in [-0.05, 0) is 18.2 Å². The Morgan fingerprint density at radius 3 is 2.39 bits per heavy atom. The third kappa shape index (κ3) is 3.47. The summed E-state index contributed by atoms with van der Waals surface area (Å²) in [4.78, 5) is 1.92. The van der Waals surface area contributed by atoms with Gasteiger partial charge in [0.25, 0.3) is 0 Å². The Kier molecular flexibility index (Phi) is 4.69. The fourth-order valence-electron chi connectivity index (χ4n) is 1.31. The van der Waals surface area contributed by atoms with Gasteiger partial charge in [-0.25, -0.2) is 8.42 Å². The van der Waals surface area contributed by atoms with Gasteiger partial charge in [-0.15, -0.1) is 0 Å². The lowest BCUT2D eigenvalue weighted by Gasteiger charge is -2.09. The lowest BCUT2D eigenvalue weighted by Crippen LogP contribution is -2.09. The van der Waals surface area contributed by atoms with Crippen LogP contribution in [0.5, 0.6) is 0 Å². The number of rotatable bonds is 4. The van der Waals surface area contributed by atoms with Crippen molar-refractivity contribution in [3.63, 3.8) is 0 Å². The molecule has 0 aliphatic heterocycles. The topological polar surface area (TPSA) is 61.2 Å². The molecule has 1 rings (SSSR count). The van der Waals surface area contributed by atoms with Crippen LogP contribution in [-0.2, 0) is 9.84 Å². The Balaban J connectivity index is 3.31. The van der Waals surface area contributed by atoms with Crippen LogP contribution in [0.2, 0.25) is 0 Å². The molecule has 94 valence electrons. The van der Waals surface area contributed by atoms with E-state index in [0.29, 0.717) is 0 Å². The van der Waals surface area contributed by atoms with Crippen molar-refractivity contribution in [2.75, 3.05) is 14.1 Å². The van der Waals surface area contributed by atoms with Crippen LogP contribution in [0.3, 0.4) is 0 Å². The van der Waals surface area contributed by atoms with Crippen LogP contribution < -0.4 is 0 Å². The molecule has 5 heteroatoms. The second-order valence-corrected chi connectivity index (χ2v) is 5.72. The van der Waals surface area contributed by atoms with Gasteiger partial charge < -0.3 is 4.90 Å². The molecule has 0 radical (unpaired) electrons. The van der Waals surface area contributed by atoms with Crippen LogP contribution in [0.25, 0.3) is 0 Å². The zero-order valence-corrected chi connectivity index (χ0v) is 11.1. The lowest BCUT2D eigenvalue weighted by atomic mass is 10.4. The molecule has 0 aliphatic rings. The van der Waals surface area contributed by atoms with E-state index < -0.39 is 9.84 Å².